The fraction of sp³-hybridized carbons (Fsp3) is 0.122. The van der Waals surface area contributed by atoms with Gasteiger partial charge in [-0.15, -0.1) is 0 Å². The summed E-state index contributed by atoms with van der Waals surface area (Å²) in [5, 5.41) is 12.0. The Morgan fingerprint density at radius 3 is 1.96 bits per heavy atom. The summed E-state index contributed by atoms with van der Waals surface area (Å²) in [5.41, 5.74) is 12.2. The molecule has 0 aliphatic heterocycles. The van der Waals surface area contributed by atoms with E-state index in [1.165, 1.54) is 11.1 Å². The minimum absolute atomic E-state index is 0.262. The van der Waals surface area contributed by atoms with E-state index in [0.717, 1.165) is 49.6 Å². The van der Waals surface area contributed by atoms with Crippen LogP contribution in [0.3, 0.4) is 0 Å². The average molecular weight is 610 g/mol. The molecule has 0 unspecified atom stereocenters. The first-order valence-electron chi connectivity index (χ1n) is 15.9. The van der Waals surface area contributed by atoms with Crippen LogP contribution in [0.2, 0.25) is 0 Å². The van der Waals surface area contributed by atoms with Gasteiger partial charge in [0.25, 0.3) is 0 Å². The topological polar surface area (TPSA) is 49.8 Å². The van der Waals surface area contributed by atoms with Crippen molar-refractivity contribution < 1.29 is 8.81 Å². The Bertz CT molecular complexity index is 2380. The van der Waals surface area contributed by atoms with Crippen molar-refractivity contribution in [3.05, 3.63) is 126 Å². The van der Waals surface area contributed by atoms with Crippen LogP contribution in [0, 0.1) is 24.1 Å². The summed E-state index contributed by atoms with van der Waals surface area (Å²) in [6.45, 7) is 8.15. The zero-order valence-electron chi connectivity index (χ0n) is 27.5. The molecule has 0 amide bonds. The zero-order valence-corrected chi connectivity index (χ0v) is 27.5. The first kappa shape index (κ1) is 30.3. The number of fused-ring (bicyclic) bond motifs is 3. The smallest absolute Gasteiger partial charge is 0.167 e. The molecule has 0 aliphatic carbocycles. The molecule has 2 heterocycles. The molecular weight excluding hydrogens is 577 g/mol. The number of para-hydroxylation sites is 1. The zero-order chi connectivity index (χ0) is 33.0. The number of rotatable bonds is 4. The van der Waals surface area contributed by atoms with E-state index in [-0.39, 0.29) is 5.82 Å². The number of nitriles is 1. The number of nitrogens with zero attached hydrogens (tertiary/aromatic N) is 2. The van der Waals surface area contributed by atoms with Gasteiger partial charge >= 0.3 is 0 Å². The second-order valence-electron chi connectivity index (χ2n) is 13.4. The van der Waals surface area contributed by atoms with Gasteiger partial charge in [0.1, 0.15) is 24.8 Å². The lowest BCUT2D eigenvalue weighted by atomic mass is 9.74. The second kappa shape index (κ2) is 11.4. The van der Waals surface area contributed by atoms with Crippen LogP contribution < -0.4 is 11.1 Å². The maximum absolute atomic E-state index is 15.4. The SMILES string of the molecule is Bc1nc(-c2cccc3c2oc2c(-c4ccc(-c5cccc(-c6ccc(C)cc6)c5)cc4)c(C#N)ccc23)c(B)c(C(C)(C)C)c1F. The number of aromatic nitrogens is 1. The molecule has 6 heteroatoms. The van der Waals surface area contributed by atoms with Crippen molar-refractivity contribution in [1.29, 1.82) is 5.26 Å². The van der Waals surface area contributed by atoms with E-state index >= 15 is 4.39 Å². The molecule has 0 saturated carbocycles. The van der Waals surface area contributed by atoms with Gasteiger partial charge in [-0.25, -0.2) is 4.39 Å². The Balaban J connectivity index is 1.36. The molecule has 3 nitrogen and oxygen atoms in total. The summed E-state index contributed by atoms with van der Waals surface area (Å²) in [7, 11) is 3.65. The Morgan fingerprint density at radius 2 is 1.32 bits per heavy atom. The molecule has 2 aromatic heterocycles. The molecule has 7 aromatic rings. The van der Waals surface area contributed by atoms with Crippen LogP contribution in [0.15, 0.2) is 108 Å². The van der Waals surface area contributed by atoms with Crippen LogP contribution in [-0.4, -0.2) is 20.7 Å². The molecule has 0 aliphatic rings. The van der Waals surface area contributed by atoms with Gasteiger partial charge in [-0.1, -0.05) is 111 Å². The van der Waals surface area contributed by atoms with Crippen molar-refractivity contribution in [3.8, 4) is 50.7 Å². The van der Waals surface area contributed by atoms with E-state index in [2.05, 4.69) is 85.8 Å². The molecule has 0 saturated heterocycles. The van der Waals surface area contributed by atoms with E-state index in [1.54, 1.807) is 7.85 Å². The summed E-state index contributed by atoms with van der Waals surface area (Å²) in [4.78, 5) is 4.73. The van der Waals surface area contributed by atoms with Gasteiger partial charge in [0.15, 0.2) is 7.85 Å². The third kappa shape index (κ3) is 5.22. The molecule has 0 atom stereocenters. The molecule has 0 fully saturated rings. The highest BCUT2D eigenvalue weighted by atomic mass is 19.1. The monoisotopic (exact) mass is 610 g/mol. The first-order valence-corrected chi connectivity index (χ1v) is 15.9. The lowest BCUT2D eigenvalue weighted by Crippen LogP contribution is -2.34. The van der Waals surface area contributed by atoms with Gasteiger partial charge in [0.05, 0.1) is 17.3 Å². The predicted octanol–water partition coefficient (Wildman–Crippen LogP) is 7.78. The number of hydrogen-bond acceptors (Lipinski definition) is 3. The minimum atomic E-state index is -0.401. The van der Waals surface area contributed by atoms with Gasteiger partial charge in [-0.3, -0.25) is 4.98 Å². The van der Waals surface area contributed by atoms with Crippen LogP contribution in [0.4, 0.5) is 4.39 Å². The van der Waals surface area contributed by atoms with E-state index in [1.807, 2.05) is 58.9 Å². The number of aryl methyl sites for hydroxylation is 1. The maximum Gasteiger partial charge on any atom is 0.167 e. The maximum atomic E-state index is 15.4. The summed E-state index contributed by atoms with van der Waals surface area (Å²) in [5.74, 6) is -0.262. The van der Waals surface area contributed by atoms with Crippen molar-refractivity contribution in [2.24, 2.45) is 0 Å². The highest BCUT2D eigenvalue weighted by Crippen LogP contribution is 2.41. The fourth-order valence-electron chi connectivity index (χ4n) is 6.80. The van der Waals surface area contributed by atoms with Crippen molar-refractivity contribution in [3.63, 3.8) is 0 Å². The van der Waals surface area contributed by atoms with Gasteiger partial charge in [0.2, 0.25) is 0 Å². The number of benzene rings is 5. The Kier molecular flexibility index (Phi) is 7.37. The summed E-state index contributed by atoms with van der Waals surface area (Å²) < 4.78 is 22.1. The molecular formula is C41H33B2FN2O. The van der Waals surface area contributed by atoms with Crippen LogP contribution in [0.1, 0.15) is 37.5 Å². The summed E-state index contributed by atoms with van der Waals surface area (Å²) >= 11 is 0. The quantitative estimate of drug-likeness (QED) is 0.191. The molecule has 47 heavy (non-hydrogen) atoms. The van der Waals surface area contributed by atoms with E-state index in [9.17, 15) is 5.26 Å². The van der Waals surface area contributed by atoms with E-state index in [0.29, 0.717) is 33.6 Å². The molecule has 0 spiro atoms. The fourth-order valence-corrected chi connectivity index (χ4v) is 6.80. The average Bonchev–Trinajstić information content (AvgIpc) is 3.45. The highest BCUT2D eigenvalue weighted by Gasteiger charge is 2.27. The molecule has 0 bridgehead atoms. The van der Waals surface area contributed by atoms with Crippen LogP contribution in [0.25, 0.3) is 66.6 Å². The van der Waals surface area contributed by atoms with Gasteiger partial charge < -0.3 is 4.42 Å². The number of pyridine rings is 1. The Hall–Kier alpha value is -5.40. The normalized spacial score (nSPS) is 11.7. The Morgan fingerprint density at radius 1 is 0.723 bits per heavy atom. The molecule has 0 N–H and O–H groups in total. The Labute approximate surface area is 276 Å². The second-order valence-corrected chi connectivity index (χ2v) is 13.4. The lowest BCUT2D eigenvalue weighted by Gasteiger charge is -2.25. The van der Waals surface area contributed by atoms with Gasteiger partial charge in [-0.2, -0.15) is 5.26 Å². The molecule has 226 valence electrons. The molecule has 0 radical (unpaired) electrons. The minimum Gasteiger partial charge on any atom is -0.455 e. The van der Waals surface area contributed by atoms with Crippen molar-refractivity contribution in [2.45, 2.75) is 33.1 Å². The van der Waals surface area contributed by atoms with Crippen LogP contribution >= 0.6 is 0 Å². The first-order chi connectivity index (χ1) is 22.5. The third-order valence-corrected chi connectivity index (χ3v) is 9.09. The van der Waals surface area contributed by atoms with E-state index < -0.39 is 5.41 Å². The van der Waals surface area contributed by atoms with Crippen molar-refractivity contribution in [1.82, 2.24) is 4.98 Å². The highest BCUT2D eigenvalue weighted by molar-refractivity contribution is 6.39. The molecule has 5 aromatic carbocycles. The predicted molar refractivity (Wildman–Crippen MR) is 198 cm³/mol. The lowest BCUT2D eigenvalue weighted by molar-refractivity contribution is 0.528. The number of hydrogen-bond donors (Lipinski definition) is 0. The third-order valence-electron chi connectivity index (χ3n) is 9.09. The van der Waals surface area contributed by atoms with Gasteiger partial charge in [-0.05, 0) is 70.0 Å². The standard InChI is InChI=1S/C41H33B2FN2O/c1-23-11-13-24(14-12-23)27-7-5-8-28(21-27)25-15-17-26(18-16-25)33-29(22-45)19-20-31-30-9-6-10-32(38(30)47-39(31)33)37-35(42)34(41(2,3)4)36(44)40(43)46-37/h5-21H,42-43H2,1-4H3. The largest absolute Gasteiger partial charge is 0.455 e. The number of halogens is 1. The van der Waals surface area contributed by atoms with Crippen molar-refractivity contribution in [2.75, 3.05) is 0 Å². The van der Waals surface area contributed by atoms with Crippen LogP contribution in [-0.2, 0) is 5.41 Å². The van der Waals surface area contributed by atoms with Crippen LogP contribution in [0.5, 0.6) is 0 Å². The number of furan rings is 1. The summed E-state index contributed by atoms with van der Waals surface area (Å²) in [6.07, 6.45) is 0. The van der Waals surface area contributed by atoms with E-state index in [4.69, 9.17) is 9.40 Å². The van der Waals surface area contributed by atoms with Crippen molar-refractivity contribution >= 4 is 48.7 Å². The van der Waals surface area contributed by atoms with Gasteiger partial charge in [0, 0.05) is 27.5 Å². The molecule has 7 rings (SSSR count). The summed E-state index contributed by atoms with van der Waals surface area (Å²) in [6, 6.07) is 37.6.